The molecule has 0 fully saturated rings. The Kier molecular flexibility index (Phi) is 8.87. The molecule has 222 valence electrons. The standard InChI is InChI=1S/C32H27ClN6O3S2/c1-2-38-29(20-9-8-10-22(33)17-20)36-37-32(38)44-26-16-15-24(39(41)42)18-21(26)19-34-31-28(25-13-6-7-14-27(25)43-31)30(40)35-23-11-4-3-5-12-23/h3-5,8-12,15-19H,2,6-7,13-14H2,1H3,(H,35,40). The second-order valence-corrected chi connectivity index (χ2v) is 12.6. The van der Waals surface area contributed by atoms with E-state index in [4.69, 9.17) is 16.6 Å². The number of amides is 1. The molecule has 0 radical (unpaired) electrons. The minimum absolute atomic E-state index is 0.0557. The van der Waals surface area contributed by atoms with Gasteiger partial charge in [0.2, 0.25) is 0 Å². The first-order valence-corrected chi connectivity index (χ1v) is 16.1. The maximum absolute atomic E-state index is 13.5. The number of thiophene rings is 1. The van der Waals surface area contributed by atoms with E-state index < -0.39 is 4.92 Å². The Morgan fingerprint density at radius 2 is 1.93 bits per heavy atom. The number of hydrogen-bond donors (Lipinski definition) is 1. The zero-order valence-electron chi connectivity index (χ0n) is 23.7. The predicted octanol–water partition coefficient (Wildman–Crippen LogP) is 8.62. The van der Waals surface area contributed by atoms with Gasteiger partial charge in [0, 0.05) is 56.5 Å². The van der Waals surface area contributed by atoms with E-state index in [1.807, 2.05) is 60.0 Å². The Hall–Kier alpha value is -4.32. The zero-order valence-corrected chi connectivity index (χ0v) is 26.1. The zero-order chi connectivity index (χ0) is 30.6. The summed E-state index contributed by atoms with van der Waals surface area (Å²) in [5.41, 5.74) is 3.64. The summed E-state index contributed by atoms with van der Waals surface area (Å²) < 4.78 is 1.97. The minimum atomic E-state index is -0.430. The molecular formula is C32H27ClN6O3S2. The summed E-state index contributed by atoms with van der Waals surface area (Å²) in [6.45, 7) is 2.61. The van der Waals surface area contributed by atoms with E-state index in [9.17, 15) is 14.9 Å². The van der Waals surface area contributed by atoms with Crippen LogP contribution in [0, 0.1) is 10.1 Å². The normalized spacial score (nSPS) is 12.8. The van der Waals surface area contributed by atoms with E-state index in [0.29, 0.717) is 44.4 Å². The number of benzene rings is 3. The fraction of sp³-hybridized carbons (Fsp3) is 0.188. The maximum atomic E-state index is 13.5. The summed E-state index contributed by atoms with van der Waals surface area (Å²) in [4.78, 5) is 31.5. The number of anilines is 1. The number of carbonyl (C=O) groups is 1. The largest absolute Gasteiger partial charge is 0.322 e. The predicted molar refractivity (Wildman–Crippen MR) is 176 cm³/mol. The van der Waals surface area contributed by atoms with Crippen LogP contribution in [0.2, 0.25) is 5.02 Å². The smallest absolute Gasteiger partial charge is 0.270 e. The molecule has 1 aliphatic carbocycles. The monoisotopic (exact) mass is 642 g/mol. The number of nitrogens with zero attached hydrogens (tertiary/aromatic N) is 5. The van der Waals surface area contributed by atoms with Crippen LogP contribution in [0.4, 0.5) is 16.4 Å². The van der Waals surface area contributed by atoms with E-state index in [1.165, 1.54) is 40.1 Å². The van der Waals surface area contributed by atoms with E-state index in [1.54, 1.807) is 18.3 Å². The number of carbonyl (C=O) groups excluding carboxylic acids is 1. The average Bonchev–Trinajstić information content (AvgIpc) is 3.61. The molecule has 6 rings (SSSR count). The summed E-state index contributed by atoms with van der Waals surface area (Å²) in [6, 6.07) is 21.4. The Morgan fingerprint density at radius 1 is 1.11 bits per heavy atom. The number of para-hydroxylation sites is 1. The van der Waals surface area contributed by atoms with Gasteiger partial charge in [-0.2, -0.15) is 0 Å². The van der Waals surface area contributed by atoms with Crippen LogP contribution in [0.1, 0.15) is 46.1 Å². The molecular weight excluding hydrogens is 616 g/mol. The van der Waals surface area contributed by atoms with Crippen LogP contribution in [0.5, 0.6) is 0 Å². The number of nitro groups is 1. The SMILES string of the molecule is CCn1c(Sc2ccc([N+](=O)[O-])cc2C=Nc2sc3c(c2C(=O)Nc2ccccc2)CCCC3)nnc1-c1cccc(Cl)c1. The highest BCUT2D eigenvalue weighted by Gasteiger charge is 2.26. The van der Waals surface area contributed by atoms with Crippen LogP contribution in [-0.2, 0) is 19.4 Å². The van der Waals surface area contributed by atoms with Crippen molar-refractivity contribution in [1.82, 2.24) is 14.8 Å². The number of non-ortho nitro benzene ring substituents is 1. The number of halogens is 1. The molecule has 0 unspecified atom stereocenters. The number of aromatic nitrogens is 3. The van der Waals surface area contributed by atoms with Crippen LogP contribution in [0.3, 0.4) is 0 Å². The molecule has 12 heteroatoms. The highest BCUT2D eigenvalue weighted by Crippen LogP contribution is 2.41. The molecule has 1 aliphatic rings. The van der Waals surface area contributed by atoms with Gasteiger partial charge < -0.3 is 9.88 Å². The maximum Gasteiger partial charge on any atom is 0.270 e. The van der Waals surface area contributed by atoms with E-state index in [0.717, 1.165) is 41.7 Å². The summed E-state index contributed by atoms with van der Waals surface area (Å²) in [5.74, 6) is 0.467. The van der Waals surface area contributed by atoms with Crippen molar-refractivity contribution in [1.29, 1.82) is 0 Å². The number of fused-ring (bicyclic) bond motifs is 1. The van der Waals surface area contributed by atoms with Crippen LogP contribution >= 0.6 is 34.7 Å². The van der Waals surface area contributed by atoms with Gasteiger partial charge >= 0.3 is 0 Å². The summed E-state index contributed by atoms with van der Waals surface area (Å²) >= 11 is 9.08. The molecule has 5 aromatic rings. The molecule has 3 aromatic carbocycles. The van der Waals surface area contributed by atoms with Crippen molar-refractivity contribution in [3.63, 3.8) is 0 Å². The van der Waals surface area contributed by atoms with Crippen LogP contribution < -0.4 is 5.32 Å². The van der Waals surface area contributed by atoms with Crippen molar-refractivity contribution in [2.75, 3.05) is 5.32 Å². The highest BCUT2D eigenvalue weighted by molar-refractivity contribution is 7.99. The number of aryl methyl sites for hydroxylation is 1. The number of aliphatic imine (C=N–C) groups is 1. The molecule has 1 N–H and O–H groups in total. The van der Waals surface area contributed by atoms with Crippen molar-refractivity contribution < 1.29 is 9.72 Å². The summed E-state index contributed by atoms with van der Waals surface area (Å²) in [5, 5.41) is 25.4. The Bertz CT molecular complexity index is 1890. The van der Waals surface area contributed by atoms with Crippen molar-refractivity contribution in [2.45, 2.75) is 49.2 Å². The van der Waals surface area contributed by atoms with Gasteiger partial charge in [0.25, 0.3) is 11.6 Å². The Labute approximate surface area is 267 Å². The molecule has 2 heterocycles. The molecule has 0 atom stereocenters. The van der Waals surface area contributed by atoms with Gasteiger partial charge in [-0.15, -0.1) is 21.5 Å². The Morgan fingerprint density at radius 3 is 2.70 bits per heavy atom. The Balaban J connectivity index is 1.37. The third-order valence-electron chi connectivity index (χ3n) is 7.25. The van der Waals surface area contributed by atoms with E-state index in [-0.39, 0.29) is 11.6 Å². The fourth-order valence-electron chi connectivity index (χ4n) is 5.15. The highest BCUT2D eigenvalue weighted by atomic mass is 35.5. The third-order valence-corrected chi connectivity index (χ3v) is 9.76. The van der Waals surface area contributed by atoms with Gasteiger partial charge in [-0.1, -0.05) is 41.9 Å². The lowest BCUT2D eigenvalue weighted by atomic mass is 9.95. The van der Waals surface area contributed by atoms with Crippen LogP contribution in [-0.4, -0.2) is 31.8 Å². The molecule has 0 saturated heterocycles. The second-order valence-electron chi connectivity index (χ2n) is 10.1. The third kappa shape index (κ3) is 6.30. The van der Waals surface area contributed by atoms with Gasteiger partial charge in [0.05, 0.1) is 10.5 Å². The first kappa shape index (κ1) is 29.7. The molecule has 0 saturated carbocycles. The number of nitro benzene ring substituents is 1. The molecule has 44 heavy (non-hydrogen) atoms. The molecule has 9 nitrogen and oxygen atoms in total. The van der Waals surface area contributed by atoms with Crippen LogP contribution in [0.15, 0.2) is 87.8 Å². The minimum Gasteiger partial charge on any atom is -0.322 e. The van der Waals surface area contributed by atoms with Crippen molar-refractivity contribution >= 4 is 63.2 Å². The van der Waals surface area contributed by atoms with Gasteiger partial charge in [-0.25, -0.2) is 4.99 Å². The lowest BCUT2D eigenvalue weighted by Crippen LogP contribution is -2.14. The first-order valence-electron chi connectivity index (χ1n) is 14.1. The van der Waals surface area contributed by atoms with Crippen LogP contribution in [0.25, 0.3) is 11.4 Å². The molecule has 0 spiro atoms. The molecule has 2 aromatic heterocycles. The van der Waals surface area contributed by atoms with Gasteiger partial charge in [0.1, 0.15) is 5.00 Å². The van der Waals surface area contributed by atoms with Gasteiger partial charge in [0.15, 0.2) is 11.0 Å². The van der Waals surface area contributed by atoms with Gasteiger partial charge in [-0.3, -0.25) is 14.9 Å². The van der Waals surface area contributed by atoms with Crippen molar-refractivity contribution in [2.24, 2.45) is 4.99 Å². The topological polar surface area (TPSA) is 115 Å². The molecule has 0 aliphatic heterocycles. The number of hydrogen-bond acceptors (Lipinski definition) is 8. The number of nitrogens with one attached hydrogen (secondary N) is 1. The van der Waals surface area contributed by atoms with Gasteiger partial charge in [-0.05, 0) is 80.3 Å². The summed E-state index contributed by atoms with van der Waals surface area (Å²) in [6.07, 6.45) is 5.41. The van der Waals surface area contributed by atoms with Crippen molar-refractivity contribution in [3.05, 3.63) is 110 Å². The molecule has 0 bridgehead atoms. The molecule has 1 amide bonds. The quantitative estimate of drug-likeness (QED) is 0.0977. The lowest BCUT2D eigenvalue weighted by Gasteiger charge is -2.12. The summed E-state index contributed by atoms with van der Waals surface area (Å²) in [7, 11) is 0. The van der Waals surface area contributed by atoms with Crippen molar-refractivity contribution in [3.8, 4) is 11.4 Å². The number of rotatable bonds is 9. The van der Waals surface area contributed by atoms with E-state index >= 15 is 0 Å². The van der Waals surface area contributed by atoms with E-state index in [2.05, 4.69) is 15.5 Å². The average molecular weight is 643 g/mol. The second kappa shape index (κ2) is 13.1. The lowest BCUT2D eigenvalue weighted by molar-refractivity contribution is -0.384. The first-order chi connectivity index (χ1) is 21.4. The fourth-order valence-corrected chi connectivity index (χ4v) is 7.54.